The van der Waals surface area contributed by atoms with E-state index in [1.165, 1.54) is 0 Å². The van der Waals surface area contributed by atoms with Gasteiger partial charge in [0.1, 0.15) is 0 Å². The van der Waals surface area contributed by atoms with Crippen molar-refractivity contribution in [1.29, 1.82) is 0 Å². The van der Waals surface area contributed by atoms with Crippen LogP contribution in [0.15, 0.2) is 47.1 Å². The summed E-state index contributed by atoms with van der Waals surface area (Å²) in [5.41, 5.74) is 3.11. The molecular formula is C13H18N4. The van der Waals surface area contributed by atoms with E-state index < -0.39 is 0 Å². The van der Waals surface area contributed by atoms with Crippen molar-refractivity contribution < 1.29 is 0 Å². The normalized spacial score (nSPS) is 19.8. The molecule has 0 bridgehead atoms. The molecule has 2 N–H and O–H groups in total. The van der Waals surface area contributed by atoms with Gasteiger partial charge in [0.2, 0.25) is 6.29 Å². The molecule has 0 saturated carbocycles. The van der Waals surface area contributed by atoms with Gasteiger partial charge in [0.15, 0.2) is 0 Å². The molecule has 1 unspecified atom stereocenters. The lowest BCUT2D eigenvalue weighted by atomic mass is 10.2. The van der Waals surface area contributed by atoms with E-state index in [1.54, 1.807) is 5.01 Å². The van der Waals surface area contributed by atoms with Crippen molar-refractivity contribution in [3.63, 3.8) is 0 Å². The number of hydrogen-bond acceptors (Lipinski definition) is 4. The van der Waals surface area contributed by atoms with Gasteiger partial charge in [-0.2, -0.15) is 0 Å². The van der Waals surface area contributed by atoms with Crippen LogP contribution in [0, 0.1) is 0 Å². The molecule has 90 valence electrons. The molecular weight excluding hydrogens is 212 g/mol. The highest BCUT2D eigenvalue weighted by Gasteiger charge is 2.23. The van der Waals surface area contributed by atoms with Crippen molar-refractivity contribution in [2.24, 2.45) is 10.8 Å². The second kappa shape index (κ2) is 4.59. The van der Waals surface area contributed by atoms with Crippen LogP contribution in [0.5, 0.6) is 0 Å². The SMILES string of the molecule is CC1=CC(C)=NC(N(N)c2ccccc2)N1C. The van der Waals surface area contributed by atoms with Gasteiger partial charge in [-0.3, -0.25) is 5.01 Å². The number of nitrogens with two attached hydrogens (primary N) is 1. The Labute approximate surface area is 102 Å². The molecule has 1 aromatic rings. The van der Waals surface area contributed by atoms with E-state index in [0.717, 1.165) is 17.1 Å². The van der Waals surface area contributed by atoms with Crippen LogP contribution in [-0.2, 0) is 0 Å². The highest BCUT2D eigenvalue weighted by atomic mass is 15.6. The van der Waals surface area contributed by atoms with Crippen LogP contribution in [0.4, 0.5) is 5.69 Å². The summed E-state index contributed by atoms with van der Waals surface area (Å²) >= 11 is 0. The Kier molecular flexibility index (Phi) is 3.15. The minimum atomic E-state index is -0.178. The second-order valence-corrected chi connectivity index (χ2v) is 4.26. The Morgan fingerprint density at radius 2 is 1.88 bits per heavy atom. The van der Waals surface area contributed by atoms with Crippen LogP contribution in [0.3, 0.4) is 0 Å². The molecule has 0 aliphatic carbocycles. The molecule has 1 aliphatic rings. The first-order valence-electron chi connectivity index (χ1n) is 5.64. The number of allylic oxidation sites excluding steroid dienone is 2. The van der Waals surface area contributed by atoms with Gasteiger partial charge in [0.05, 0.1) is 5.69 Å². The quantitative estimate of drug-likeness (QED) is 0.624. The smallest absolute Gasteiger partial charge is 0.212 e. The third kappa shape index (κ3) is 2.31. The molecule has 1 heterocycles. The highest BCUT2D eigenvalue weighted by molar-refractivity contribution is 5.94. The lowest BCUT2D eigenvalue weighted by Gasteiger charge is -2.37. The zero-order valence-corrected chi connectivity index (χ0v) is 10.5. The number of para-hydroxylation sites is 1. The van der Waals surface area contributed by atoms with Crippen LogP contribution < -0.4 is 10.9 Å². The molecule has 0 amide bonds. The number of hydrazine groups is 1. The van der Waals surface area contributed by atoms with E-state index in [0.29, 0.717) is 0 Å². The van der Waals surface area contributed by atoms with Gasteiger partial charge in [-0.05, 0) is 32.1 Å². The first-order chi connectivity index (χ1) is 8.09. The first-order valence-corrected chi connectivity index (χ1v) is 5.64. The van der Waals surface area contributed by atoms with E-state index in [-0.39, 0.29) is 6.29 Å². The van der Waals surface area contributed by atoms with Crippen LogP contribution in [0.1, 0.15) is 13.8 Å². The molecule has 1 atom stereocenters. The van der Waals surface area contributed by atoms with Gasteiger partial charge in [-0.25, -0.2) is 10.8 Å². The molecule has 1 aliphatic heterocycles. The monoisotopic (exact) mass is 230 g/mol. The third-order valence-electron chi connectivity index (χ3n) is 2.94. The number of hydrogen-bond donors (Lipinski definition) is 1. The summed E-state index contributed by atoms with van der Waals surface area (Å²) in [6.07, 6.45) is 1.87. The molecule has 0 aromatic heterocycles. The average molecular weight is 230 g/mol. The maximum absolute atomic E-state index is 6.14. The molecule has 0 spiro atoms. The summed E-state index contributed by atoms with van der Waals surface area (Å²) < 4.78 is 0. The lowest BCUT2D eigenvalue weighted by Crippen LogP contribution is -2.50. The van der Waals surface area contributed by atoms with Crippen molar-refractivity contribution in [1.82, 2.24) is 4.90 Å². The maximum atomic E-state index is 6.14. The minimum Gasteiger partial charge on any atom is -0.339 e. The minimum absolute atomic E-state index is 0.178. The fourth-order valence-electron chi connectivity index (χ4n) is 1.87. The van der Waals surface area contributed by atoms with Crippen molar-refractivity contribution >= 4 is 11.4 Å². The summed E-state index contributed by atoms with van der Waals surface area (Å²) in [5.74, 6) is 6.14. The van der Waals surface area contributed by atoms with Crippen LogP contribution in [0.25, 0.3) is 0 Å². The zero-order valence-electron chi connectivity index (χ0n) is 10.5. The Bertz CT molecular complexity index is 450. The average Bonchev–Trinajstić information content (AvgIpc) is 2.34. The summed E-state index contributed by atoms with van der Waals surface area (Å²) in [5, 5.41) is 1.68. The van der Waals surface area contributed by atoms with Crippen molar-refractivity contribution in [2.45, 2.75) is 20.1 Å². The molecule has 1 aromatic carbocycles. The molecule has 0 saturated heterocycles. The number of anilines is 1. The summed E-state index contributed by atoms with van der Waals surface area (Å²) in [6, 6.07) is 9.87. The molecule has 2 rings (SSSR count). The number of nitrogens with zero attached hydrogens (tertiary/aromatic N) is 3. The van der Waals surface area contributed by atoms with Crippen LogP contribution in [0.2, 0.25) is 0 Å². The predicted molar refractivity (Wildman–Crippen MR) is 71.5 cm³/mol. The summed E-state index contributed by atoms with van der Waals surface area (Å²) in [7, 11) is 2.00. The van der Waals surface area contributed by atoms with E-state index in [9.17, 15) is 0 Å². The Hall–Kier alpha value is -1.81. The Balaban J connectivity index is 2.27. The fourth-order valence-corrected chi connectivity index (χ4v) is 1.87. The van der Waals surface area contributed by atoms with E-state index >= 15 is 0 Å². The van der Waals surface area contributed by atoms with E-state index in [2.05, 4.69) is 22.9 Å². The predicted octanol–water partition coefficient (Wildman–Crippen LogP) is 1.96. The number of aliphatic imine (C=N–C) groups is 1. The highest BCUT2D eigenvalue weighted by Crippen LogP contribution is 2.20. The molecule has 4 nitrogen and oxygen atoms in total. The van der Waals surface area contributed by atoms with Crippen molar-refractivity contribution in [3.8, 4) is 0 Å². The molecule has 4 heteroatoms. The lowest BCUT2D eigenvalue weighted by molar-refractivity contribution is 0.297. The second-order valence-electron chi connectivity index (χ2n) is 4.26. The standard InChI is InChI=1S/C13H18N4/c1-10-9-11(2)16(3)13(15-10)17(14)12-7-5-4-6-8-12/h4-9,13H,14H2,1-3H3. The fraction of sp³-hybridized carbons (Fsp3) is 0.308. The largest absolute Gasteiger partial charge is 0.339 e. The summed E-state index contributed by atoms with van der Waals surface area (Å²) in [6.45, 7) is 4.05. The van der Waals surface area contributed by atoms with Crippen molar-refractivity contribution in [3.05, 3.63) is 42.1 Å². The first kappa shape index (κ1) is 11.7. The Morgan fingerprint density at radius 3 is 2.53 bits per heavy atom. The van der Waals surface area contributed by atoms with Gasteiger partial charge in [0.25, 0.3) is 0 Å². The van der Waals surface area contributed by atoms with E-state index in [1.807, 2.05) is 44.3 Å². The van der Waals surface area contributed by atoms with Gasteiger partial charge < -0.3 is 4.90 Å². The van der Waals surface area contributed by atoms with Gasteiger partial charge in [-0.1, -0.05) is 18.2 Å². The van der Waals surface area contributed by atoms with E-state index in [4.69, 9.17) is 5.84 Å². The topological polar surface area (TPSA) is 44.9 Å². The Morgan fingerprint density at radius 1 is 1.24 bits per heavy atom. The number of rotatable bonds is 2. The van der Waals surface area contributed by atoms with Gasteiger partial charge >= 0.3 is 0 Å². The van der Waals surface area contributed by atoms with Gasteiger partial charge in [0, 0.05) is 18.5 Å². The van der Waals surface area contributed by atoms with Crippen LogP contribution in [-0.4, -0.2) is 23.9 Å². The summed E-state index contributed by atoms with van der Waals surface area (Å²) in [4.78, 5) is 6.61. The molecule has 0 fully saturated rings. The van der Waals surface area contributed by atoms with Crippen LogP contribution >= 0.6 is 0 Å². The van der Waals surface area contributed by atoms with Crippen molar-refractivity contribution in [2.75, 3.05) is 12.1 Å². The maximum Gasteiger partial charge on any atom is 0.212 e. The zero-order chi connectivity index (χ0) is 12.4. The molecule has 17 heavy (non-hydrogen) atoms. The van der Waals surface area contributed by atoms with Gasteiger partial charge in [-0.15, -0.1) is 0 Å². The third-order valence-corrected chi connectivity index (χ3v) is 2.94. The number of benzene rings is 1. The molecule has 0 radical (unpaired) electrons.